The summed E-state index contributed by atoms with van der Waals surface area (Å²) in [4.78, 5) is 25.9. The highest BCUT2D eigenvalue weighted by Gasteiger charge is 2.33. The number of hydrogen-bond donors (Lipinski definition) is 2. The lowest BCUT2D eigenvalue weighted by Gasteiger charge is -2.17. The van der Waals surface area contributed by atoms with Crippen molar-refractivity contribution in [1.82, 2.24) is 10.6 Å². The summed E-state index contributed by atoms with van der Waals surface area (Å²) in [6.45, 7) is 3.48. The molecule has 2 rings (SSSR count). The number of benzene rings is 1. The summed E-state index contributed by atoms with van der Waals surface area (Å²) >= 11 is 0. The van der Waals surface area contributed by atoms with Crippen LogP contribution in [0.25, 0.3) is 0 Å². The van der Waals surface area contributed by atoms with E-state index in [0.29, 0.717) is 19.4 Å². The zero-order valence-electron chi connectivity index (χ0n) is 12.7. The van der Waals surface area contributed by atoms with Gasteiger partial charge >= 0.3 is 0 Å². The molecule has 0 radical (unpaired) electrons. The fourth-order valence-corrected chi connectivity index (χ4v) is 2.49. The third-order valence-electron chi connectivity index (χ3n) is 3.72. The molecule has 1 aliphatic rings. The number of anilines is 1. The Morgan fingerprint density at radius 1 is 1.33 bits per heavy atom. The number of carbonyl (C=O) groups excluding carboxylic acids is 2. The quantitative estimate of drug-likeness (QED) is 0.774. The summed E-state index contributed by atoms with van der Waals surface area (Å²) in [5.74, 6) is -0.0600. The second-order valence-corrected chi connectivity index (χ2v) is 5.44. The van der Waals surface area contributed by atoms with Crippen LogP contribution in [0.2, 0.25) is 0 Å². The molecule has 0 bridgehead atoms. The maximum absolute atomic E-state index is 12.4. The lowest BCUT2D eigenvalue weighted by molar-refractivity contribution is -0.126. The molecule has 114 valence electrons. The van der Waals surface area contributed by atoms with Crippen molar-refractivity contribution in [2.75, 3.05) is 25.0 Å². The summed E-state index contributed by atoms with van der Waals surface area (Å²) in [5, 5.41) is 5.84. The van der Waals surface area contributed by atoms with Gasteiger partial charge in [-0.05, 0) is 45.5 Å². The van der Waals surface area contributed by atoms with Crippen molar-refractivity contribution in [3.63, 3.8) is 0 Å². The van der Waals surface area contributed by atoms with Crippen LogP contribution in [0, 0.1) is 6.92 Å². The van der Waals surface area contributed by atoms with Crippen LogP contribution in [0.4, 0.5) is 5.69 Å². The van der Waals surface area contributed by atoms with E-state index in [4.69, 9.17) is 0 Å². The molecule has 1 aromatic carbocycles. The normalized spacial score (nSPS) is 18.1. The van der Waals surface area contributed by atoms with E-state index in [9.17, 15) is 9.59 Å². The molecule has 2 amide bonds. The van der Waals surface area contributed by atoms with E-state index in [-0.39, 0.29) is 17.9 Å². The zero-order chi connectivity index (χ0) is 15.2. The summed E-state index contributed by atoms with van der Waals surface area (Å²) in [6, 6.07) is 7.50. The standard InChI is InChI=1S/C16H23N3O2/c1-12-5-7-13(8-6-12)19-11-9-14(16(19)21)18-15(20)4-3-10-17-2/h5-8,14,17H,3-4,9-11H2,1-2H3,(H,18,20). The van der Waals surface area contributed by atoms with Crippen LogP contribution in [0.1, 0.15) is 24.8 Å². The Bertz CT molecular complexity index is 499. The van der Waals surface area contributed by atoms with Gasteiger partial charge in [-0.1, -0.05) is 17.7 Å². The second kappa shape index (κ2) is 7.22. The number of carbonyl (C=O) groups is 2. The number of aryl methyl sites for hydroxylation is 1. The molecule has 5 heteroatoms. The molecule has 21 heavy (non-hydrogen) atoms. The first-order valence-electron chi connectivity index (χ1n) is 7.44. The summed E-state index contributed by atoms with van der Waals surface area (Å²) in [6.07, 6.45) is 1.91. The van der Waals surface area contributed by atoms with Crippen LogP contribution in [-0.4, -0.2) is 38.0 Å². The highest BCUT2D eigenvalue weighted by atomic mass is 16.2. The van der Waals surface area contributed by atoms with Gasteiger partial charge < -0.3 is 15.5 Å². The predicted octanol–water partition coefficient (Wildman–Crippen LogP) is 1.22. The van der Waals surface area contributed by atoms with Crippen LogP contribution in [0.5, 0.6) is 0 Å². The summed E-state index contributed by atoms with van der Waals surface area (Å²) in [5.41, 5.74) is 2.07. The van der Waals surface area contributed by atoms with E-state index >= 15 is 0 Å². The molecule has 1 aliphatic heterocycles. The molecule has 1 heterocycles. The molecule has 1 saturated heterocycles. The van der Waals surface area contributed by atoms with Gasteiger partial charge in [-0.3, -0.25) is 9.59 Å². The van der Waals surface area contributed by atoms with E-state index < -0.39 is 0 Å². The molecule has 5 nitrogen and oxygen atoms in total. The third kappa shape index (κ3) is 4.04. The van der Waals surface area contributed by atoms with Crippen molar-refractivity contribution in [2.24, 2.45) is 0 Å². The first kappa shape index (κ1) is 15.5. The molecule has 0 saturated carbocycles. The highest BCUT2D eigenvalue weighted by molar-refractivity contribution is 6.01. The van der Waals surface area contributed by atoms with Gasteiger partial charge in [-0.15, -0.1) is 0 Å². The van der Waals surface area contributed by atoms with Crippen molar-refractivity contribution in [3.8, 4) is 0 Å². The molecule has 1 aromatic rings. The summed E-state index contributed by atoms with van der Waals surface area (Å²) < 4.78 is 0. The second-order valence-electron chi connectivity index (χ2n) is 5.44. The largest absolute Gasteiger partial charge is 0.344 e. The Labute approximate surface area is 125 Å². The topological polar surface area (TPSA) is 61.4 Å². The molecular weight excluding hydrogens is 266 g/mol. The molecule has 0 aromatic heterocycles. The Morgan fingerprint density at radius 3 is 2.71 bits per heavy atom. The smallest absolute Gasteiger partial charge is 0.249 e. The average molecular weight is 289 g/mol. The maximum Gasteiger partial charge on any atom is 0.249 e. The van der Waals surface area contributed by atoms with Crippen molar-refractivity contribution < 1.29 is 9.59 Å². The van der Waals surface area contributed by atoms with E-state index in [0.717, 1.165) is 18.7 Å². The first-order chi connectivity index (χ1) is 10.1. The number of nitrogens with zero attached hydrogens (tertiary/aromatic N) is 1. The van der Waals surface area contributed by atoms with Gasteiger partial charge in [0.25, 0.3) is 0 Å². The average Bonchev–Trinajstić information content (AvgIpc) is 2.82. The predicted molar refractivity (Wildman–Crippen MR) is 83.2 cm³/mol. The minimum Gasteiger partial charge on any atom is -0.344 e. The van der Waals surface area contributed by atoms with E-state index in [1.807, 2.05) is 38.2 Å². The number of amides is 2. The van der Waals surface area contributed by atoms with Crippen LogP contribution in [0.3, 0.4) is 0 Å². The fourth-order valence-electron chi connectivity index (χ4n) is 2.49. The van der Waals surface area contributed by atoms with Crippen LogP contribution < -0.4 is 15.5 Å². The molecule has 0 spiro atoms. The first-order valence-corrected chi connectivity index (χ1v) is 7.44. The van der Waals surface area contributed by atoms with Gasteiger partial charge in [0.1, 0.15) is 6.04 Å². The minimum atomic E-state index is -0.381. The molecule has 1 unspecified atom stereocenters. The zero-order valence-corrected chi connectivity index (χ0v) is 12.7. The van der Waals surface area contributed by atoms with Crippen molar-refractivity contribution >= 4 is 17.5 Å². The highest BCUT2D eigenvalue weighted by Crippen LogP contribution is 2.22. The lowest BCUT2D eigenvalue weighted by atomic mass is 10.2. The van der Waals surface area contributed by atoms with Gasteiger partial charge in [0.05, 0.1) is 0 Å². The Hall–Kier alpha value is -1.88. The number of rotatable bonds is 6. The third-order valence-corrected chi connectivity index (χ3v) is 3.72. The Kier molecular flexibility index (Phi) is 5.33. The van der Waals surface area contributed by atoms with Crippen molar-refractivity contribution in [1.29, 1.82) is 0 Å². The van der Waals surface area contributed by atoms with Crippen molar-refractivity contribution in [2.45, 2.75) is 32.2 Å². The Morgan fingerprint density at radius 2 is 2.05 bits per heavy atom. The van der Waals surface area contributed by atoms with Crippen LogP contribution >= 0.6 is 0 Å². The number of hydrogen-bond acceptors (Lipinski definition) is 3. The SMILES string of the molecule is CNCCCC(=O)NC1CCN(c2ccc(C)cc2)C1=O. The van der Waals surface area contributed by atoms with Gasteiger partial charge in [0, 0.05) is 18.7 Å². The van der Waals surface area contributed by atoms with Crippen LogP contribution in [0.15, 0.2) is 24.3 Å². The lowest BCUT2D eigenvalue weighted by Crippen LogP contribution is -2.41. The molecule has 1 fully saturated rings. The summed E-state index contributed by atoms with van der Waals surface area (Å²) in [7, 11) is 1.86. The molecule has 0 aliphatic carbocycles. The van der Waals surface area contributed by atoms with Gasteiger partial charge in [0.15, 0.2) is 0 Å². The monoisotopic (exact) mass is 289 g/mol. The molecule has 1 atom stereocenters. The molecular formula is C16H23N3O2. The maximum atomic E-state index is 12.4. The van der Waals surface area contributed by atoms with Gasteiger partial charge in [-0.2, -0.15) is 0 Å². The van der Waals surface area contributed by atoms with Crippen molar-refractivity contribution in [3.05, 3.63) is 29.8 Å². The van der Waals surface area contributed by atoms with Crippen LogP contribution in [-0.2, 0) is 9.59 Å². The Balaban J connectivity index is 1.89. The van der Waals surface area contributed by atoms with E-state index in [1.165, 1.54) is 5.56 Å². The van der Waals surface area contributed by atoms with Gasteiger partial charge in [0.2, 0.25) is 11.8 Å². The minimum absolute atomic E-state index is 0.0131. The number of nitrogens with one attached hydrogen (secondary N) is 2. The van der Waals surface area contributed by atoms with Gasteiger partial charge in [-0.25, -0.2) is 0 Å². The van der Waals surface area contributed by atoms with E-state index in [1.54, 1.807) is 4.90 Å². The molecule has 2 N–H and O–H groups in total. The fraction of sp³-hybridized carbons (Fsp3) is 0.500. The van der Waals surface area contributed by atoms with E-state index in [2.05, 4.69) is 10.6 Å².